The quantitative estimate of drug-likeness (QED) is 0.541. The fraction of sp³-hybridized carbons (Fsp3) is 0.250. The van der Waals surface area contributed by atoms with Crippen LogP contribution >= 0.6 is 0 Å². The number of carbonyl (C=O) groups excluding carboxylic acids is 1. The van der Waals surface area contributed by atoms with E-state index in [1.54, 1.807) is 11.6 Å². The molecule has 0 spiro atoms. The van der Waals surface area contributed by atoms with E-state index in [-0.39, 0.29) is 17.3 Å². The first-order valence-electron chi connectivity index (χ1n) is 10.3. The number of nitrogens with one attached hydrogen (secondary N) is 1. The highest BCUT2D eigenvalue weighted by Gasteiger charge is 2.24. The molecule has 31 heavy (non-hydrogen) atoms. The molecule has 158 valence electrons. The third-order valence-corrected chi connectivity index (χ3v) is 5.31. The van der Waals surface area contributed by atoms with Crippen LogP contribution in [-0.4, -0.2) is 31.6 Å². The summed E-state index contributed by atoms with van der Waals surface area (Å²) in [6.45, 7) is 6.46. The summed E-state index contributed by atoms with van der Waals surface area (Å²) in [5, 5.41) is 2.88. The Balaban J connectivity index is 2.07. The van der Waals surface area contributed by atoms with Crippen LogP contribution in [0, 0.1) is 13.8 Å². The molecule has 0 radical (unpaired) electrons. The van der Waals surface area contributed by atoms with Gasteiger partial charge in [0.1, 0.15) is 5.52 Å². The molecule has 1 N–H and O–H groups in total. The Bertz CT molecular complexity index is 1330. The number of fused-ring (bicyclic) bond motifs is 1. The summed E-state index contributed by atoms with van der Waals surface area (Å²) in [5.41, 5.74) is 4.31. The van der Waals surface area contributed by atoms with E-state index in [9.17, 15) is 9.59 Å². The van der Waals surface area contributed by atoms with Crippen molar-refractivity contribution in [3.63, 3.8) is 0 Å². The van der Waals surface area contributed by atoms with E-state index in [1.165, 1.54) is 4.57 Å². The van der Waals surface area contributed by atoms with Crippen LogP contribution in [0.4, 0.5) is 0 Å². The number of aryl methyl sites for hydroxylation is 3. The Labute approximate surface area is 180 Å². The normalized spacial score (nSPS) is 11.1. The van der Waals surface area contributed by atoms with Crippen molar-refractivity contribution in [2.75, 3.05) is 6.54 Å². The van der Waals surface area contributed by atoms with Gasteiger partial charge in [0.25, 0.3) is 5.91 Å². The summed E-state index contributed by atoms with van der Waals surface area (Å²) >= 11 is 0. The van der Waals surface area contributed by atoms with Gasteiger partial charge < -0.3 is 5.32 Å². The van der Waals surface area contributed by atoms with E-state index in [4.69, 9.17) is 4.98 Å². The highest BCUT2D eigenvalue weighted by atomic mass is 16.2. The van der Waals surface area contributed by atoms with Gasteiger partial charge in [0.2, 0.25) is 0 Å². The van der Waals surface area contributed by atoms with Crippen molar-refractivity contribution < 1.29 is 4.79 Å². The number of rotatable bonds is 5. The Hall–Kier alpha value is -3.74. The SMILES string of the molecule is CCCNC(=O)c1nc(-c2ccc(C)cc2)nc2c1n(C)c(=O)n2-c1ccccc1C. The molecule has 0 saturated heterocycles. The molecule has 2 aromatic heterocycles. The summed E-state index contributed by atoms with van der Waals surface area (Å²) < 4.78 is 3.00. The standard InChI is InChI=1S/C24H25N5O2/c1-5-14-25-23(30)19-20-22(27-21(26-19)17-12-10-15(2)11-13-17)29(24(31)28(20)4)18-9-7-6-8-16(18)3/h6-13H,5,14H2,1-4H3,(H,25,30). The summed E-state index contributed by atoms with van der Waals surface area (Å²) in [6.07, 6.45) is 0.800. The van der Waals surface area contributed by atoms with Gasteiger partial charge in [-0.05, 0) is 31.9 Å². The molecule has 0 fully saturated rings. The van der Waals surface area contributed by atoms with Gasteiger partial charge in [0.15, 0.2) is 17.2 Å². The summed E-state index contributed by atoms with van der Waals surface area (Å²) in [7, 11) is 1.64. The monoisotopic (exact) mass is 415 g/mol. The van der Waals surface area contributed by atoms with Crippen molar-refractivity contribution in [2.24, 2.45) is 7.05 Å². The van der Waals surface area contributed by atoms with E-state index in [1.807, 2.05) is 69.3 Å². The lowest BCUT2D eigenvalue weighted by molar-refractivity contribution is 0.0950. The van der Waals surface area contributed by atoms with Gasteiger partial charge in [-0.15, -0.1) is 0 Å². The molecule has 0 aliphatic rings. The van der Waals surface area contributed by atoms with Gasteiger partial charge in [-0.2, -0.15) is 0 Å². The summed E-state index contributed by atoms with van der Waals surface area (Å²) in [4.78, 5) is 35.6. The van der Waals surface area contributed by atoms with E-state index >= 15 is 0 Å². The van der Waals surface area contributed by atoms with Crippen molar-refractivity contribution >= 4 is 17.1 Å². The highest BCUT2D eigenvalue weighted by Crippen LogP contribution is 2.24. The third-order valence-electron chi connectivity index (χ3n) is 5.31. The number of para-hydroxylation sites is 1. The van der Waals surface area contributed by atoms with Gasteiger partial charge in [-0.1, -0.05) is 55.0 Å². The second kappa shape index (κ2) is 8.18. The molecule has 4 aromatic rings. The molecule has 7 heteroatoms. The second-order valence-electron chi connectivity index (χ2n) is 7.65. The molecular weight excluding hydrogens is 390 g/mol. The predicted molar refractivity (Wildman–Crippen MR) is 122 cm³/mol. The molecule has 0 bridgehead atoms. The second-order valence-corrected chi connectivity index (χ2v) is 7.65. The first-order valence-corrected chi connectivity index (χ1v) is 10.3. The Morgan fingerprint density at radius 3 is 2.42 bits per heavy atom. The predicted octanol–water partition coefficient (Wildman–Crippen LogP) is 3.54. The number of hydrogen-bond donors (Lipinski definition) is 1. The number of imidazole rings is 1. The molecule has 0 aliphatic carbocycles. The van der Waals surface area contributed by atoms with Gasteiger partial charge in [0.05, 0.1) is 5.69 Å². The zero-order valence-electron chi connectivity index (χ0n) is 18.1. The smallest absolute Gasteiger partial charge is 0.334 e. The minimum absolute atomic E-state index is 0.195. The number of aromatic nitrogens is 4. The van der Waals surface area contributed by atoms with Crippen LogP contribution < -0.4 is 11.0 Å². The van der Waals surface area contributed by atoms with E-state index in [0.717, 1.165) is 28.8 Å². The first-order chi connectivity index (χ1) is 14.9. The van der Waals surface area contributed by atoms with Crippen molar-refractivity contribution in [2.45, 2.75) is 27.2 Å². The van der Waals surface area contributed by atoms with Gasteiger partial charge >= 0.3 is 5.69 Å². The fourth-order valence-corrected chi connectivity index (χ4v) is 3.59. The molecule has 0 saturated carbocycles. The molecule has 1 amide bonds. The summed E-state index contributed by atoms with van der Waals surface area (Å²) in [5.74, 6) is 0.0854. The van der Waals surface area contributed by atoms with Crippen LogP contribution in [0.25, 0.3) is 28.2 Å². The number of benzene rings is 2. The number of amides is 1. The number of hydrogen-bond acceptors (Lipinski definition) is 4. The average Bonchev–Trinajstić information content (AvgIpc) is 3.02. The molecule has 2 aromatic carbocycles. The highest BCUT2D eigenvalue weighted by molar-refractivity contribution is 6.03. The fourth-order valence-electron chi connectivity index (χ4n) is 3.59. The van der Waals surface area contributed by atoms with Crippen LogP contribution in [0.1, 0.15) is 35.0 Å². The summed E-state index contributed by atoms with van der Waals surface area (Å²) in [6, 6.07) is 15.4. The van der Waals surface area contributed by atoms with Gasteiger partial charge in [-0.3, -0.25) is 9.36 Å². The average molecular weight is 415 g/mol. The van der Waals surface area contributed by atoms with E-state index in [2.05, 4.69) is 10.3 Å². The van der Waals surface area contributed by atoms with Gasteiger partial charge in [-0.25, -0.2) is 19.3 Å². The topological polar surface area (TPSA) is 81.8 Å². The van der Waals surface area contributed by atoms with Crippen LogP contribution in [0.5, 0.6) is 0 Å². The van der Waals surface area contributed by atoms with E-state index in [0.29, 0.717) is 23.5 Å². The van der Waals surface area contributed by atoms with Crippen molar-refractivity contribution in [3.05, 3.63) is 75.8 Å². The van der Waals surface area contributed by atoms with Crippen LogP contribution in [0.2, 0.25) is 0 Å². The van der Waals surface area contributed by atoms with Crippen molar-refractivity contribution in [3.8, 4) is 17.1 Å². The Kier molecular flexibility index (Phi) is 5.42. The van der Waals surface area contributed by atoms with Crippen LogP contribution in [-0.2, 0) is 7.05 Å². The molecule has 7 nitrogen and oxygen atoms in total. The molecule has 4 rings (SSSR count). The molecule has 0 aliphatic heterocycles. The Morgan fingerprint density at radius 2 is 1.74 bits per heavy atom. The maximum Gasteiger partial charge on any atom is 0.334 e. The van der Waals surface area contributed by atoms with E-state index < -0.39 is 0 Å². The molecule has 2 heterocycles. The maximum absolute atomic E-state index is 13.2. The number of nitrogens with zero attached hydrogens (tertiary/aromatic N) is 4. The minimum atomic E-state index is -0.319. The lowest BCUT2D eigenvalue weighted by Crippen LogP contribution is -2.26. The first kappa shape index (κ1) is 20.5. The largest absolute Gasteiger partial charge is 0.351 e. The van der Waals surface area contributed by atoms with Crippen molar-refractivity contribution in [1.82, 2.24) is 24.4 Å². The zero-order valence-corrected chi connectivity index (χ0v) is 18.1. The Morgan fingerprint density at radius 1 is 1.03 bits per heavy atom. The van der Waals surface area contributed by atoms with Crippen LogP contribution in [0.3, 0.4) is 0 Å². The van der Waals surface area contributed by atoms with Crippen molar-refractivity contribution in [1.29, 1.82) is 0 Å². The molecule has 0 unspecified atom stereocenters. The number of carbonyl (C=O) groups is 1. The van der Waals surface area contributed by atoms with Crippen LogP contribution in [0.15, 0.2) is 53.3 Å². The molecule has 0 atom stereocenters. The minimum Gasteiger partial charge on any atom is -0.351 e. The maximum atomic E-state index is 13.2. The van der Waals surface area contributed by atoms with Gasteiger partial charge in [0, 0.05) is 19.2 Å². The lowest BCUT2D eigenvalue weighted by atomic mass is 10.1. The zero-order chi connectivity index (χ0) is 22.1. The lowest BCUT2D eigenvalue weighted by Gasteiger charge is -2.10. The third kappa shape index (κ3) is 3.63. The molecular formula is C24H25N5O2.